The zero-order valence-corrected chi connectivity index (χ0v) is 13.7. The maximum absolute atomic E-state index is 12.4. The molecule has 0 radical (unpaired) electrons. The molecule has 1 heterocycles. The number of sulfonamides is 1. The molecule has 1 atom stereocenters. The molecule has 7 heteroatoms. The Balaban J connectivity index is 2.17. The van der Waals surface area contributed by atoms with E-state index in [1.54, 1.807) is 6.07 Å². The van der Waals surface area contributed by atoms with Crippen LogP contribution in [0, 0.1) is 5.92 Å². The molecule has 1 fully saturated rings. The SMILES string of the molecule is C[C@H]1CCCN(C(=O)c2ccc(NS(C)(=O)=O)c(Cl)c2)C1. The van der Waals surface area contributed by atoms with Crippen LogP contribution >= 0.6 is 11.6 Å². The van der Waals surface area contributed by atoms with Crippen molar-refractivity contribution >= 4 is 33.2 Å². The van der Waals surface area contributed by atoms with E-state index in [0.717, 1.165) is 32.2 Å². The Morgan fingerprint density at radius 2 is 2.14 bits per heavy atom. The van der Waals surface area contributed by atoms with Gasteiger partial charge in [-0.05, 0) is 37.0 Å². The van der Waals surface area contributed by atoms with Crippen molar-refractivity contribution in [2.24, 2.45) is 5.92 Å². The Hall–Kier alpha value is -1.27. The first-order valence-electron chi connectivity index (χ1n) is 6.83. The summed E-state index contributed by atoms with van der Waals surface area (Å²) in [5.41, 5.74) is 0.760. The molecule has 2 rings (SSSR count). The first kappa shape index (κ1) is 16.1. The van der Waals surface area contributed by atoms with Crippen molar-refractivity contribution in [1.82, 2.24) is 4.90 Å². The third-order valence-electron chi connectivity index (χ3n) is 3.46. The number of hydrogen-bond acceptors (Lipinski definition) is 3. The number of rotatable bonds is 3. The van der Waals surface area contributed by atoms with E-state index in [0.29, 0.717) is 11.5 Å². The Kier molecular flexibility index (Phi) is 4.78. The van der Waals surface area contributed by atoms with Gasteiger partial charge in [-0.1, -0.05) is 18.5 Å². The van der Waals surface area contributed by atoms with Crippen molar-refractivity contribution in [2.75, 3.05) is 24.1 Å². The van der Waals surface area contributed by atoms with E-state index in [-0.39, 0.29) is 16.6 Å². The molecule has 116 valence electrons. The third-order valence-corrected chi connectivity index (χ3v) is 4.36. The van der Waals surface area contributed by atoms with Gasteiger partial charge in [-0.2, -0.15) is 0 Å². The summed E-state index contributed by atoms with van der Waals surface area (Å²) in [6, 6.07) is 4.63. The molecule has 0 unspecified atom stereocenters. The molecule has 1 aliphatic rings. The zero-order valence-electron chi connectivity index (χ0n) is 12.1. The molecule has 0 spiro atoms. The van der Waals surface area contributed by atoms with Crippen molar-refractivity contribution < 1.29 is 13.2 Å². The summed E-state index contributed by atoms with van der Waals surface area (Å²) in [7, 11) is -3.39. The van der Waals surface area contributed by atoms with Gasteiger partial charge in [0.1, 0.15) is 0 Å². The quantitative estimate of drug-likeness (QED) is 0.926. The number of amides is 1. The van der Waals surface area contributed by atoms with Gasteiger partial charge in [0, 0.05) is 18.7 Å². The number of nitrogens with one attached hydrogen (secondary N) is 1. The van der Waals surface area contributed by atoms with Gasteiger partial charge in [0.15, 0.2) is 0 Å². The van der Waals surface area contributed by atoms with Crippen LogP contribution in [0.15, 0.2) is 18.2 Å². The van der Waals surface area contributed by atoms with Gasteiger partial charge in [0.2, 0.25) is 10.0 Å². The van der Waals surface area contributed by atoms with Crippen LogP contribution in [0.25, 0.3) is 0 Å². The van der Waals surface area contributed by atoms with Gasteiger partial charge in [-0.15, -0.1) is 0 Å². The highest BCUT2D eigenvalue weighted by Crippen LogP contribution is 2.25. The summed E-state index contributed by atoms with van der Waals surface area (Å²) < 4.78 is 24.7. The molecule has 0 aliphatic carbocycles. The maximum atomic E-state index is 12.4. The fourth-order valence-corrected chi connectivity index (χ4v) is 3.35. The summed E-state index contributed by atoms with van der Waals surface area (Å²) in [5.74, 6) is 0.443. The Labute approximate surface area is 130 Å². The van der Waals surface area contributed by atoms with Crippen LogP contribution in [0.1, 0.15) is 30.1 Å². The molecular weight excluding hydrogens is 312 g/mol. The standard InChI is InChI=1S/C14H19ClN2O3S/c1-10-4-3-7-17(9-10)14(18)11-5-6-13(12(15)8-11)16-21(2,19)20/h5-6,8,10,16H,3-4,7,9H2,1-2H3/t10-/m0/s1. The number of likely N-dealkylation sites (tertiary alicyclic amines) is 1. The molecule has 0 bridgehead atoms. The molecule has 1 aromatic carbocycles. The highest BCUT2D eigenvalue weighted by molar-refractivity contribution is 7.92. The molecule has 1 saturated heterocycles. The lowest BCUT2D eigenvalue weighted by molar-refractivity contribution is 0.0683. The van der Waals surface area contributed by atoms with E-state index in [1.165, 1.54) is 12.1 Å². The fraction of sp³-hybridized carbons (Fsp3) is 0.500. The Morgan fingerprint density at radius 1 is 1.43 bits per heavy atom. The van der Waals surface area contributed by atoms with E-state index < -0.39 is 10.0 Å². The predicted molar refractivity (Wildman–Crippen MR) is 84.2 cm³/mol. The summed E-state index contributed by atoms with van der Waals surface area (Å²) in [6.45, 7) is 3.63. The Bertz CT molecular complexity index is 646. The maximum Gasteiger partial charge on any atom is 0.253 e. The second-order valence-corrected chi connectivity index (χ2v) is 7.72. The summed E-state index contributed by atoms with van der Waals surface area (Å²) in [6.07, 6.45) is 3.20. The number of carbonyl (C=O) groups excluding carboxylic acids is 1. The lowest BCUT2D eigenvalue weighted by Gasteiger charge is -2.31. The van der Waals surface area contributed by atoms with Crippen LogP contribution < -0.4 is 4.72 Å². The second-order valence-electron chi connectivity index (χ2n) is 5.57. The van der Waals surface area contributed by atoms with Gasteiger partial charge in [0.05, 0.1) is 17.0 Å². The molecule has 1 aromatic rings. The molecular formula is C14H19ClN2O3S. The van der Waals surface area contributed by atoms with Crippen LogP contribution in [0.4, 0.5) is 5.69 Å². The number of nitrogens with zero attached hydrogens (tertiary/aromatic N) is 1. The molecule has 1 amide bonds. The van der Waals surface area contributed by atoms with Crippen molar-refractivity contribution in [3.05, 3.63) is 28.8 Å². The molecule has 1 aliphatic heterocycles. The molecule has 5 nitrogen and oxygen atoms in total. The highest BCUT2D eigenvalue weighted by atomic mass is 35.5. The number of carbonyl (C=O) groups is 1. The number of piperidine rings is 1. The van der Waals surface area contributed by atoms with Gasteiger partial charge < -0.3 is 4.90 Å². The topological polar surface area (TPSA) is 66.5 Å². The minimum absolute atomic E-state index is 0.0608. The van der Waals surface area contributed by atoms with Crippen LogP contribution in [-0.2, 0) is 10.0 Å². The van der Waals surface area contributed by atoms with Crippen LogP contribution in [0.2, 0.25) is 5.02 Å². The zero-order chi connectivity index (χ0) is 15.6. The van der Waals surface area contributed by atoms with Gasteiger partial charge in [0.25, 0.3) is 5.91 Å². The summed E-state index contributed by atoms with van der Waals surface area (Å²) in [4.78, 5) is 14.2. The third kappa shape index (κ3) is 4.35. The van der Waals surface area contributed by atoms with Crippen LogP contribution in [0.3, 0.4) is 0 Å². The molecule has 0 aromatic heterocycles. The van der Waals surface area contributed by atoms with Crippen LogP contribution in [-0.4, -0.2) is 38.6 Å². The summed E-state index contributed by atoms with van der Waals surface area (Å²) in [5, 5.41) is 0.219. The molecule has 21 heavy (non-hydrogen) atoms. The van der Waals surface area contributed by atoms with E-state index in [1.807, 2.05) is 4.90 Å². The average Bonchev–Trinajstić information content (AvgIpc) is 2.39. The largest absolute Gasteiger partial charge is 0.338 e. The van der Waals surface area contributed by atoms with E-state index in [4.69, 9.17) is 11.6 Å². The van der Waals surface area contributed by atoms with Gasteiger partial charge in [-0.3, -0.25) is 9.52 Å². The summed E-state index contributed by atoms with van der Waals surface area (Å²) >= 11 is 6.05. The second kappa shape index (κ2) is 6.23. The smallest absolute Gasteiger partial charge is 0.253 e. The van der Waals surface area contributed by atoms with Crippen molar-refractivity contribution in [1.29, 1.82) is 0 Å². The fourth-order valence-electron chi connectivity index (χ4n) is 2.49. The van der Waals surface area contributed by atoms with E-state index >= 15 is 0 Å². The lowest BCUT2D eigenvalue weighted by atomic mass is 9.99. The minimum atomic E-state index is -3.39. The molecule has 0 saturated carbocycles. The lowest BCUT2D eigenvalue weighted by Crippen LogP contribution is -2.39. The predicted octanol–water partition coefficient (Wildman–Crippen LogP) is 2.58. The van der Waals surface area contributed by atoms with Crippen molar-refractivity contribution in [3.63, 3.8) is 0 Å². The number of benzene rings is 1. The average molecular weight is 331 g/mol. The van der Waals surface area contributed by atoms with E-state index in [2.05, 4.69) is 11.6 Å². The van der Waals surface area contributed by atoms with Gasteiger partial charge in [-0.25, -0.2) is 8.42 Å². The Morgan fingerprint density at radius 3 is 2.71 bits per heavy atom. The van der Waals surface area contributed by atoms with Crippen molar-refractivity contribution in [2.45, 2.75) is 19.8 Å². The highest BCUT2D eigenvalue weighted by Gasteiger charge is 2.22. The first-order chi connectivity index (χ1) is 9.76. The normalized spacial score (nSPS) is 19.4. The van der Waals surface area contributed by atoms with Crippen LogP contribution in [0.5, 0.6) is 0 Å². The van der Waals surface area contributed by atoms with Crippen molar-refractivity contribution in [3.8, 4) is 0 Å². The molecule has 1 N–H and O–H groups in total. The number of hydrogen-bond donors (Lipinski definition) is 1. The van der Waals surface area contributed by atoms with E-state index in [9.17, 15) is 13.2 Å². The first-order valence-corrected chi connectivity index (χ1v) is 9.10. The minimum Gasteiger partial charge on any atom is -0.338 e. The number of anilines is 1. The van der Waals surface area contributed by atoms with Gasteiger partial charge >= 0.3 is 0 Å². The monoisotopic (exact) mass is 330 g/mol. The number of halogens is 1.